The molecule has 0 unspecified atom stereocenters. The molecular weight excluding hydrogens is 344 g/mol. The number of urea groups is 1. The van der Waals surface area contributed by atoms with Gasteiger partial charge in [0.2, 0.25) is 0 Å². The van der Waals surface area contributed by atoms with Crippen LogP contribution < -0.4 is 16.4 Å². The molecule has 0 radical (unpaired) electrons. The summed E-state index contributed by atoms with van der Waals surface area (Å²) in [5.74, 6) is 0.335. The molecule has 1 aromatic heterocycles. The maximum absolute atomic E-state index is 11.6. The van der Waals surface area contributed by atoms with E-state index in [0.717, 1.165) is 27.9 Å². The lowest BCUT2D eigenvalue weighted by Gasteiger charge is -2.21. The summed E-state index contributed by atoms with van der Waals surface area (Å²) in [6.45, 7) is 8.03. The van der Waals surface area contributed by atoms with E-state index in [-0.39, 0.29) is 6.54 Å². The summed E-state index contributed by atoms with van der Waals surface area (Å²) in [6.07, 6.45) is -0.432. The number of carboxylic acid groups (broad SMARTS) is 1. The van der Waals surface area contributed by atoms with Gasteiger partial charge in [0, 0.05) is 23.4 Å². The molecule has 2 aromatic rings. The second-order valence-electron chi connectivity index (χ2n) is 6.98. The molecule has 0 atom stereocenters. The van der Waals surface area contributed by atoms with Crippen molar-refractivity contribution in [1.82, 2.24) is 10.3 Å². The molecular formula is C20H26N4O3. The molecule has 0 saturated carbocycles. The summed E-state index contributed by atoms with van der Waals surface area (Å²) in [6, 6.07) is 7.13. The normalized spacial score (nSPS) is 10.7. The largest absolute Gasteiger partial charge is 0.465 e. The van der Waals surface area contributed by atoms with E-state index >= 15 is 0 Å². The Balaban J connectivity index is 2.77. The Morgan fingerprint density at radius 2 is 1.81 bits per heavy atom. The third-order valence-corrected chi connectivity index (χ3v) is 4.17. The van der Waals surface area contributed by atoms with Gasteiger partial charge in [-0.1, -0.05) is 43.7 Å². The summed E-state index contributed by atoms with van der Waals surface area (Å²) in [4.78, 5) is 27.3. The van der Waals surface area contributed by atoms with Crippen LogP contribution in [-0.4, -0.2) is 22.2 Å². The van der Waals surface area contributed by atoms with Crippen molar-refractivity contribution in [2.24, 2.45) is 11.7 Å². The Kier molecular flexibility index (Phi) is 6.39. The molecule has 7 nitrogen and oxygen atoms in total. The van der Waals surface area contributed by atoms with Gasteiger partial charge in [0.1, 0.15) is 0 Å². The highest BCUT2D eigenvalue weighted by Crippen LogP contribution is 2.36. The van der Waals surface area contributed by atoms with E-state index in [1.54, 1.807) is 6.92 Å². The van der Waals surface area contributed by atoms with Crippen molar-refractivity contribution in [2.75, 3.05) is 5.32 Å². The van der Waals surface area contributed by atoms with Gasteiger partial charge in [-0.05, 0) is 31.7 Å². The molecule has 0 saturated heterocycles. The number of rotatable bonds is 6. The topological polar surface area (TPSA) is 117 Å². The number of nitrogens with one attached hydrogen (secondary N) is 2. The average molecular weight is 370 g/mol. The smallest absolute Gasteiger partial charge is 0.404 e. The fourth-order valence-corrected chi connectivity index (χ4v) is 3.03. The number of nitrogens with zero attached hydrogens (tertiary/aromatic N) is 1. The molecule has 0 aliphatic heterocycles. The number of carbonyl (C=O) groups is 2. The molecule has 0 aliphatic rings. The monoisotopic (exact) mass is 370 g/mol. The lowest BCUT2D eigenvalue weighted by Crippen LogP contribution is -2.25. The van der Waals surface area contributed by atoms with Crippen LogP contribution in [0.4, 0.5) is 15.3 Å². The van der Waals surface area contributed by atoms with Gasteiger partial charge in [0.05, 0.1) is 11.4 Å². The Morgan fingerprint density at radius 1 is 1.19 bits per heavy atom. The molecule has 0 bridgehead atoms. The number of hydrogen-bond acceptors (Lipinski definition) is 3. The fraction of sp³-hybridized carbons (Fsp3) is 0.350. The predicted molar refractivity (Wildman–Crippen MR) is 106 cm³/mol. The van der Waals surface area contributed by atoms with Crippen LogP contribution in [-0.2, 0) is 13.0 Å². The van der Waals surface area contributed by atoms with E-state index in [2.05, 4.69) is 29.5 Å². The zero-order chi connectivity index (χ0) is 20.1. The minimum absolute atomic E-state index is 0.0846. The van der Waals surface area contributed by atoms with Crippen LogP contribution in [0, 0.1) is 19.8 Å². The Labute approximate surface area is 159 Å². The first-order valence-electron chi connectivity index (χ1n) is 8.81. The van der Waals surface area contributed by atoms with E-state index in [1.807, 2.05) is 31.2 Å². The molecule has 1 aromatic carbocycles. The van der Waals surface area contributed by atoms with Crippen LogP contribution in [0.1, 0.15) is 36.4 Å². The zero-order valence-electron chi connectivity index (χ0n) is 16.1. The molecule has 7 heteroatoms. The maximum Gasteiger partial charge on any atom is 0.404 e. The predicted octanol–water partition coefficient (Wildman–Crippen LogP) is 3.82. The van der Waals surface area contributed by atoms with E-state index in [1.165, 1.54) is 0 Å². The number of primary amides is 1. The van der Waals surface area contributed by atoms with E-state index in [9.17, 15) is 9.59 Å². The number of hydrogen-bond donors (Lipinski definition) is 4. The molecule has 5 N–H and O–H groups in total. The van der Waals surface area contributed by atoms with Crippen LogP contribution in [0.15, 0.2) is 24.3 Å². The fourth-order valence-electron chi connectivity index (χ4n) is 3.03. The lowest BCUT2D eigenvalue weighted by atomic mass is 9.92. The Bertz CT molecular complexity index is 845. The molecule has 3 amide bonds. The molecule has 0 fully saturated rings. The van der Waals surface area contributed by atoms with E-state index in [4.69, 9.17) is 10.8 Å². The van der Waals surface area contributed by atoms with Crippen molar-refractivity contribution >= 4 is 17.8 Å². The average Bonchev–Trinajstić information content (AvgIpc) is 2.56. The number of carbonyl (C=O) groups excluding carboxylic acids is 1. The SMILES string of the molecule is Cc1ccc(-c2c(CNC(=O)O)c(CC(C)C)nc(C)c2NC(N)=O)cc1. The maximum atomic E-state index is 11.6. The number of pyridine rings is 1. The quantitative estimate of drug-likeness (QED) is 0.618. The third kappa shape index (κ3) is 5.20. The summed E-state index contributed by atoms with van der Waals surface area (Å²) in [5, 5.41) is 14.2. The van der Waals surface area contributed by atoms with Crippen molar-refractivity contribution in [1.29, 1.82) is 0 Å². The first kappa shape index (κ1) is 20.2. The molecule has 2 rings (SSSR count). The van der Waals surface area contributed by atoms with Gasteiger partial charge in [-0.2, -0.15) is 0 Å². The zero-order valence-corrected chi connectivity index (χ0v) is 16.1. The summed E-state index contributed by atoms with van der Waals surface area (Å²) >= 11 is 0. The van der Waals surface area contributed by atoms with Crippen molar-refractivity contribution in [3.8, 4) is 11.1 Å². The van der Waals surface area contributed by atoms with Gasteiger partial charge in [0.25, 0.3) is 0 Å². The molecule has 0 aliphatic carbocycles. The lowest BCUT2D eigenvalue weighted by molar-refractivity contribution is 0.194. The second-order valence-corrected chi connectivity index (χ2v) is 6.98. The summed E-state index contributed by atoms with van der Waals surface area (Å²) in [7, 11) is 0. The number of amides is 3. The van der Waals surface area contributed by atoms with Gasteiger partial charge in [-0.3, -0.25) is 4.98 Å². The van der Waals surface area contributed by atoms with Gasteiger partial charge in [-0.25, -0.2) is 9.59 Å². The third-order valence-electron chi connectivity index (χ3n) is 4.17. The van der Waals surface area contributed by atoms with E-state index < -0.39 is 12.1 Å². The number of aryl methyl sites for hydroxylation is 2. The first-order chi connectivity index (χ1) is 12.7. The van der Waals surface area contributed by atoms with Crippen LogP contribution in [0.2, 0.25) is 0 Å². The number of anilines is 1. The van der Waals surface area contributed by atoms with E-state index in [0.29, 0.717) is 23.7 Å². The van der Waals surface area contributed by atoms with Crippen LogP contribution >= 0.6 is 0 Å². The van der Waals surface area contributed by atoms with Crippen LogP contribution in [0.25, 0.3) is 11.1 Å². The second kappa shape index (κ2) is 8.53. The van der Waals surface area contributed by atoms with Gasteiger partial charge >= 0.3 is 12.1 Å². The van der Waals surface area contributed by atoms with Gasteiger partial charge in [-0.15, -0.1) is 0 Å². The highest BCUT2D eigenvalue weighted by Gasteiger charge is 2.21. The molecule has 27 heavy (non-hydrogen) atoms. The van der Waals surface area contributed by atoms with Crippen molar-refractivity contribution in [3.05, 3.63) is 46.8 Å². The highest BCUT2D eigenvalue weighted by molar-refractivity contribution is 5.95. The first-order valence-corrected chi connectivity index (χ1v) is 8.81. The van der Waals surface area contributed by atoms with Gasteiger partial charge < -0.3 is 21.5 Å². The van der Waals surface area contributed by atoms with Crippen molar-refractivity contribution in [2.45, 2.75) is 40.7 Å². The van der Waals surface area contributed by atoms with Crippen molar-refractivity contribution < 1.29 is 14.7 Å². The Hall–Kier alpha value is -3.09. The number of benzene rings is 1. The summed E-state index contributed by atoms with van der Waals surface area (Å²) in [5.41, 5.74) is 10.8. The standard InChI is InChI=1S/C20H26N4O3/c1-11(2)9-16-15(10-22-20(26)27)17(14-7-5-12(3)6-8-14)18(13(4)23-16)24-19(21)25/h5-8,11,22H,9-10H2,1-4H3,(H,26,27)(H3,21,24,25). The number of nitrogens with two attached hydrogens (primary N) is 1. The van der Waals surface area contributed by atoms with Crippen molar-refractivity contribution in [3.63, 3.8) is 0 Å². The van der Waals surface area contributed by atoms with Crippen LogP contribution in [0.3, 0.4) is 0 Å². The minimum Gasteiger partial charge on any atom is -0.465 e. The summed E-state index contributed by atoms with van der Waals surface area (Å²) < 4.78 is 0. The number of aromatic nitrogens is 1. The highest BCUT2D eigenvalue weighted by atomic mass is 16.4. The Morgan fingerprint density at radius 3 is 2.33 bits per heavy atom. The minimum atomic E-state index is -1.12. The molecule has 1 heterocycles. The van der Waals surface area contributed by atoms with Crippen LogP contribution in [0.5, 0.6) is 0 Å². The molecule has 144 valence electrons. The molecule has 0 spiro atoms. The van der Waals surface area contributed by atoms with Gasteiger partial charge in [0.15, 0.2) is 0 Å².